The Labute approximate surface area is 123 Å². The average molecular weight is 293 g/mol. The van der Waals surface area contributed by atoms with Crippen LogP contribution < -0.4 is 20.7 Å². The highest BCUT2D eigenvalue weighted by Crippen LogP contribution is 2.25. The maximum absolute atomic E-state index is 11.9. The van der Waals surface area contributed by atoms with Crippen molar-refractivity contribution in [1.29, 1.82) is 0 Å². The van der Waals surface area contributed by atoms with Crippen LogP contribution in [0, 0.1) is 0 Å². The highest BCUT2D eigenvalue weighted by molar-refractivity contribution is 5.97. The van der Waals surface area contributed by atoms with Crippen LogP contribution in [0.4, 0.5) is 5.69 Å². The van der Waals surface area contributed by atoms with Crippen LogP contribution in [0.5, 0.6) is 5.75 Å². The second-order valence-electron chi connectivity index (χ2n) is 4.34. The lowest BCUT2D eigenvalue weighted by Gasteiger charge is -2.11. The summed E-state index contributed by atoms with van der Waals surface area (Å²) in [6.45, 7) is 3.46. The summed E-state index contributed by atoms with van der Waals surface area (Å²) in [6.07, 6.45) is 0. The third-order valence-corrected chi connectivity index (χ3v) is 2.56. The van der Waals surface area contributed by atoms with Gasteiger partial charge in [-0.1, -0.05) is 0 Å². The van der Waals surface area contributed by atoms with E-state index in [4.69, 9.17) is 4.74 Å². The van der Waals surface area contributed by atoms with E-state index in [1.807, 2.05) is 0 Å². The van der Waals surface area contributed by atoms with Gasteiger partial charge in [0.25, 0.3) is 5.91 Å². The number of amides is 3. The monoisotopic (exact) mass is 293 g/mol. The van der Waals surface area contributed by atoms with Crippen LogP contribution in [0.3, 0.4) is 0 Å². The van der Waals surface area contributed by atoms with Crippen molar-refractivity contribution in [2.75, 3.05) is 25.5 Å². The normalized spacial score (nSPS) is 9.67. The molecule has 0 radical (unpaired) electrons. The first-order chi connectivity index (χ1) is 9.93. The van der Waals surface area contributed by atoms with Gasteiger partial charge in [-0.3, -0.25) is 14.4 Å². The van der Waals surface area contributed by atoms with Gasteiger partial charge in [0.15, 0.2) is 0 Å². The zero-order chi connectivity index (χ0) is 15.8. The maximum atomic E-state index is 11.9. The van der Waals surface area contributed by atoms with Gasteiger partial charge < -0.3 is 20.7 Å². The van der Waals surface area contributed by atoms with E-state index < -0.39 is 0 Å². The highest BCUT2D eigenvalue weighted by Gasteiger charge is 2.10. The van der Waals surface area contributed by atoms with Crippen LogP contribution in [-0.4, -0.2) is 37.9 Å². The van der Waals surface area contributed by atoms with E-state index in [0.29, 0.717) is 30.1 Å². The van der Waals surface area contributed by atoms with Gasteiger partial charge in [0.05, 0.1) is 12.8 Å². The molecule has 0 saturated heterocycles. The van der Waals surface area contributed by atoms with E-state index in [-0.39, 0.29) is 17.7 Å². The molecule has 1 aromatic carbocycles. The molecule has 0 heterocycles. The molecule has 3 N–H and O–H groups in total. The van der Waals surface area contributed by atoms with Crippen LogP contribution in [0.15, 0.2) is 18.2 Å². The van der Waals surface area contributed by atoms with E-state index in [0.717, 1.165) is 0 Å². The number of carbonyl (C=O) groups excluding carboxylic acids is 3. The molecule has 0 aliphatic heterocycles. The van der Waals surface area contributed by atoms with Crippen molar-refractivity contribution >= 4 is 23.4 Å². The predicted octanol–water partition coefficient (Wildman–Crippen LogP) is 0.519. The van der Waals surface area contributed by atoms with E-state index in [9.17, 15) is 14.4 Å². The van der Waals surface area contributed by atoms with Gasteiger partial charge >= 0.3 is 0 Å². The van der Waals surface area contributed by atoms with Crippen molar-refractivity contribution in [2.45, 2.75) is 13.8 Å². The molecule has 0 spiro atoms. The SMILES string of the molecule is COc1ccc(C(=O)NCCNC(C)=O)cc1NC(C)=O. The third-order valence-electron chi connectivity index (χ3n) is 2.56. The van der Waals surface area contributed by atoms with Gasteiger partial charge in [-0.2, -0.15) is 0 Å². The molecule has 7 heteroatoms. The van der Waals surface area contributed by atoms with E-state index >= 15 is 0 Å². The Kier molecular flexibility index (Phi) is 6.19. The van der Waals surface area contributed by atoms with Crippen molar-refractivity contribution in [3.63, 3.8) is 0 Å². The molecule has 0 aliphatic rings. The summed E-state index contributed by atoms with van der Waals surface area (Å²) < 4.78 is 5.11. The van der Waals surface area contributed by atoms with Crippen LogP contribution in [0.25, 0.3) is 0 Å². The Morgan fingerprint density at radius 3 is 2.29 bits per heavy atom. The predicted molar refractivity (Wildman–Crippen MR) is 78.3 cm³/mol. The molecule has 1 rings (SSSR count). The van der Waals surface area contributed by atoms with Gasteiger partial charge in [-0.15, -0.1) is 0 Å². The number of benzene rings is 1. The Balaban J connectivity index is 2.71. The summed E-state index contributed by atoms with van der Waals surface area (Å²) in [7, 11) is 1.48. The second kappa shape index (κ2) is 7.88. The average Bonchev–Trinajstić information content (AvgIpc) is 2.42. The van der Waals surface area contributed by atoms with Crippen LogP contribution >= 0.6 is 0 Å². The number of ether oxygens (including phenoxy) is 1. The quantitative estimate of drug-likeness (QED) is 0.666. The van der Waals surface area contributed by atoms with Gasteiger partial charge in [-0.25, -0.2) is 0 Å². The fourth-order valence-corrected chi connectivity index (χ4v) is 1.65. The fourth-order valence-electron chi connectivity index (χ4n) is 1.65. The first kappa shape index (κ1) is 16.5. The molecule has 7 nitrogen and oxygen atoms in total. The van der Waals surface area contributed by atoms with Crippen LogP contribution in [-0.2, 0) is 9.59 Å². The van der Waals surface area contributed by atoms with Crippen molar-refractivity contribution in [3.8, 4) is 5.75 Å². The number of nitrogens with one attached hydrogen (secondary N) is 3. The van der Waals surface area contributed by atoms with Gasteiger partial charge in [0.2, 0.25) is 11.8 Å². The Morgan fingerprint density at radius 2 is 1.71 bits per heavy atom. The molecule has 0 fully saturated rings. The number of methoxy groups -OCH3 is 1. The Morgan fingerprint density at radius 1 is 1.05 bits per heavy atom. The maximum Gasteiger partial charge on any atom is 0.251 e. The minimum atomic E-state index is -0.297. The van der Waals surface area contributed by atoms with Gasteiger partial charge in [-0.05, 0) is 18.2 Å². The lowest BCUT2D eigenvalue weighted by Crippen LogP contribution is -2.33. The summed E-state index contributed by atoms with van der Waals surface area (Å²) in [6, 6.07) is 4.74. The number of hydrogen-bond acceptors (Lipinski definition) is 4. The molecule has 0 unspecified atom stereocenters. The molecular formula is C14H19N3O4. The molecule has 0 atom stereocenters. The lowest BCUT2D eigenvalue weighted by atomic mass is 10.1. The smallest absolute Gasteiger partial charge is 0.251 e. The topological polar surface area (TPSA) is 96.5 Å². The lowest BCUT2D eigenvalue weighted by molar-refractivity contribution is -0.119. The summed E-state index contributed by atoms with van der Waals surface area (Å²) in [5.74, 6) is -0.229. The second-order valence-corrected chi connectivity index (χ2v) is 4.34. The minimum absolute atomic E-state index is 0.151. The molecule has 0 saturated carbocycles. The first-order valence-corrected chi connectivity index (χ1v) is 6.42. The molecule has 114 valence electrons. The third kappa shape index (κ3) is 5.52. The zero-order valence-corrected chi connectivity index (χ0v) is 12.3. The number of hydrogen-bond donors (Lipinski definition) is 3. The molecular weight excluding hydrogens is 274 g/mol. The number of carbonyl (C=O) groups is 3. The van der Waals surface area contributed by atoms with Gasteiger partial charge in [0.1, 0.15) is 5.75 Å². The van der Waals surface area contributed by atoms with Crippen molar-refractivity contribution < 1.29 is 19.1 Å². The summed E-state index contributed by atoms with van der Waals surface area (Å²) in [5.41, 5.74) is 0.821. The largest absolute Gasteiger partial charge is 0.495 e. The molecule has 21 heavy (non-hydrogen) atoms. The van der Waals surface area contributed by atoms with E-state index in [1.165, 1.54) is 27.0 Å². The zero-order valence-electron chi connectivity index (χ0n) is 12.3. The van der Waals surface area contributed by atoms with E-state index in [1.54, 1.807) is 12.1 Å². The highest BCUT2D eigenvalue weighted by atomic mass is 16.5. The van der Waals surface area contributed by atoms with Crippen molar-refractivity contribution in [2.24, 2.45) is 0 Å². The molecule has 0 bridgehead atoms. The molecule has 1 aromatic rings. The fraction of sp³-hybridized carbons (Fsp3) is 0.357. The minimum Gasteiger partial charge on any atom is -0.495 e. The summed E-state index contributed by atoms with van der Waals surface area (Å²) in [4.78, 5) is 33.8. The number of anilines is 1. The standard InChI is InChI=1S/C14H19N3O4/c1-9(18)15-6-7-16-14(20)11-4-5-13(21-3)12(8-11)17-10(2)19/h4-5,8H,6-7H2,1-3H3,(H,15,18)(H,16,20)(H,17,19). The van der Waals surface area contributed by atoms with Crippen molar-refractivity contribution in [3.05, 3.63) is 23.8 Å². The van der Waals surface area contributed by atoms with E-state index in [2.05, 4.69) is 16.0 Å². The number of rotatable bonds is 6. The molecule has 3 amide bonds. The van der Waals surface area contributed by atoms with Crippen molar-refractivity contribution in [1.82, 2.24) is 10.6 Å². The van der Waals surface area contributed by atoms with Crippen LogP contribution in [0.2, 0.25) is 0 Å². The first-order valence-electron chi connectivity index (χ1n) is 6.42. The molecule has 0 aliphatic carbocycles. The summed E-state index contributed by atoms with van der Waals surface area (Å²) >= 11 is 0. The van der Waals surface area contributed by atoms with Crippen LogP contribution in [0.1, 0.15) is 24.2 Å². The molecule has 0 aromatic heterocycles. The summed E-state index contributed by atoms with van der Waals surface area (Å²) in [5, 5.41) is 7.84. The Hall–Kier alpha value is -2.57. The van der Waals surface area contributed by atoms with Gasteiger partial charge in [0, 0.05) is 32.5 Å². The Bertz CT molecular complexity index is 543.